The summed E-state index contributed by atoms with van der Waals surface area (Å²) in [5.74, 6) is 0.166. The molecule has 1 saturated carbocycles. The summed E-state index contributed by atoms with van der Waals surface area (Å²) >= 11 is 1.49. The highest BCUT2D eigenvalue weighted by Crippen LogP contribution is 2.37. The SMILES string of the molecule is Cc1cc(OC2CCC(OCCCN3CCN(c4ccc5c(C6CCC(=O)NC6=O)nn(C)c5n4)CC3)CC2)ccc1-c1ccc(N2CCc3cccc(C(O)Nc4nc5ccccc5s4)c3C2)nc1C(=O)O. The van der Waals surface area contributed by atoms with Gasteiger partial charge < -0.3 is 34.8 Å². The molecule has 2 atom stereocenters. The van der Waals surface area contributed by atoms with Crippen LogP contribution in [0.25, 0.3) is 32.4 Å². The second-order valence-corrected chi connectivity index (χ2v) is 20.7. The van der Waals surface area contributed by atoms with Gasteiger partial charge in [-0.15, -0.1) is 0 Å². The van der Waals surface area contributed by atoms with Gasteiger partial charge in [0.2, 0.25) is 11.8 Å². The Morgan fingerprint density at radius 3 is 2.42 bits per heavy atom. The van der Waals surface area contributed by atoms with Crippen molar-refractivity contribution >= 4 is 67.1 Å². The van der Waals surface area contributed by atoms with E-state index >= 15 is 0 Å². The summed E-state index contributed by atoms with van der Waals surface area (Å²) < 4.78 is 15.6. The molecule has 378 valence electrons. The van der Waals surface area contributed by atoms with Crippen molar-refractivity contribution in [2.24, 2.45) is 7.05 Å². The van der Waals surface area contributed by atoms with E-state index in [1.54, 1.807) is 4.68 Å². The summed E-state index contributed by atoms with van der Waals surface area (Å²) in [4.78, 5) is 58.3. The smallest absolute Gasteiger partial charge is 0.355 e. The fraction of sp³-hybridized carbons (Fsp3) is 0.400. The molecule has 4 aliphatic rings. The number of amides is 2. The minimum absolute atomic E-state index is 0.00915. The average Bonchev–Trinajstić information content (AvgIpc) is 3.97. The molecular formula is C55H60N10O7S. The van der Waals surface area contributed by atoms with Gasteiger partial charge in [-0.05, 0) is 123 Å². The number of nitrogens with zero attached hydrogens (tertiary/aromatic N) is 8. The highest BCUT2D eigenvalue weighted by Gasteiger charge is 2.33. The van der Waals surface area contributed by atoms with E-state index < -0.39 is 18.1 Å². The molecule has 0 bridgehead atoms. The number of rotatable bonds is 15. The lowest BCUT2D eigenvalue weighted by Gasteiger charge is -2.35. The lowest BCUT2D eigenvalue weighted by atomic mass is 9.93. The number of fused-ring (bicyclic) bond motifs is 3. The van der Waals surface area contributed by atoms with Crippen LogP contribution in [-0.2, 0) is 34.3 Å². The van der Waals surface area contributed by atoms with Crippen molar-refractivity contribution in [2.75, 3.05) is 61.0 Å². The first-order valence-electron chi connectivity index (χ1n) is 25.5. The maximum absolute atomic E-state index is 12.8. The van der Waals surface area contributed by atoms with Gasteiger partial charge in [-0.3, -0.25) is 24.5 Å². The van der Waals surface area contributed by atoms with E-state index in [9.17, 15) is 24.6 Å². The van der Waals surface area contributed by atoms with Crippen LogP contribution >= 0.6 is 11.3 Å². The number of thiazole rings is 1. The highest BCUT2D eigenvalue weighted by atomic mass is 32.1. The van der Waals surface area contributed by atoms with Gasteiger partial charge >= 0.3 is 5.97 Å². The number of ether oxygens (including phenoxy) is 2. The molecule has 2 unspecified atom stereocenters. The molecule has 3 aliphatic heterocycles. The number of aromatic nitrogens is 5. The number of piperazine rings is 1. The van der Waals surface area contributed by atoms with E-state index in [-0.39, 0.29) is 29.7 Å². The number of benzene rings is 3. The summed E-state index contributed by atoms with van der Waals surface area (Å²) in [6.45, 7) is 8.43. The molecule has 4 aromatic heterocycles. The number of nitrogens with one attached hydrogen (secondary N) is 2. The van der Waals surface area contributed by atoms with Crippen LogP contribution in [0.3, 0.4) is 0 Å². The molecule has 73 heavy (non-hydrogen) atoms. The zero-order chi connectivity index (χ0) is 50.2. The number of piperidine rings is 1. The zero-order valence-corrected chi connectivity index (χ0v) is 41.9. The van der Waals surface area contributed by atoms with Gasteiger partial charge in [-0.1, -0.05) is 47.7 Å². The Bertz CT molecular complexity index is 3160. The van der Waals surface area contributed by atoms with Gasteiger partial charge in [0.25, 0.3) is 0 Å². The topological polar surface area (TPSA) is 200 Å². The van der Waals surface area contributed by atoms with Crippen LogP contribution in [0.15, 0.2) is 84.9 Å². The number of carbonyl (C=O) groups excluding carboxylic acids is 2. The highest BCUT2D eigenvalue weighted by molar-refractivity contribution is 7.22. The third kappa shape index (κ3) is 10.3. The number of aliphatic hydroxyl groups excluding tert-OH is 1. The molecule has 7 aromatic rings. The monoisotopic (exact) mass is 1000 g/mol. The summed E-state index contributed by atoms with van der Waals surface area (Å²) in [6.07, 6.45) is 5.47. The van der Waals surface area contributed by atoms with Crippen LogP contribution in [0.1, 0.15) is 95.5 Å². The van der Waals surface area contributed by atoms with Gasteiger partial charge in [-0.2, -0.15) is 5.10 Å². The first kappa shape index (κ1) is 48.3. The van der Waals surface area contributed by atoms with Crippen molar-refractivity contribution in [1.29, 1.82) is 0 Å². The number of hydrogen-bond donors (Lipinski definition) is 4. The Kier molecular flexibility index (Phi) is 13.8. The fourth-order valence-electron chi connectivity index (χ4n) is 11.0. The van der Waals surface area contributed by atoms with Crippen LogP contribution in [0, 0.1) is 6.92 Å². The normalized spacial score (nSPS) is 20.0. The average molecular weight is 1010 g/mol. The molecular weight excluding hydrogens is 945 g/mol. The number of aromatic carboxylic acids is 1. The van der Waals surface area contributed by atoms with Crippen molar-refractivity contribution in [2.45, 2.75) is 89.2 Å². The van der Waals surface area contributed by atoms with Crippen LogP contribution in [0.2, 0.25) is 0 Å². The largest absolute Gasteiger partial charge is 0.490 e. The van der Waals surface area contributed by atoms with E-state index in [4.69, 9.17) is 19.4 Å². The predicted molar refractivity (Wildman–Crippen MR) is 280 cm³/mol. The van der Waals surface area contributed by atoms with Crippen LogP contribution in [-0.4, -0.2) is 116 Å². The molecule has 3 aromatic carbocycles. The molecule has 7 heterocycles. The Labute approximate surface area is 427 Å². The Morgan fingerprint density at radius 2 is 1.63 bits per heavy atom. The minimum atomic E-state index is -1.09. The second-order valence-electron chi connectivity index (χ2n) is 19.7. The zero-order valence-electron chi connectivity index (χ0n) is 41.1. The van der Waals surface area contributed by atoms with Crippen molar-refractivity contribution in [3.63, 3.8) is 0 Å². The van der Waals surface area contributed by atoms with Crippen molar-refractivity contribution in [3.8, 4) is 16.9 Å². The third-order valence-electron chi connectivity index (χ3n) is 14.9. The minimum Gasteiger partial charge on any atom is -0.490 e. The van der Waals surface area contributed by atoms with E-state index in [1.165, 1.54) is 11.3 Å². The number of hydrogen-bond acceptors (Lipinski definition) is 15. The summed E-state index contributed by atoms with van der Waals surface area (Å²) in [7, 11) is 1.85. The predicted octanol–water partition coefficient (Wildman–Crippen LogP) is 7.75. The van der Waals surface area contributed by atoms with Gasteiger partial charge in [0.15, 0.2) is 22.7 Å². The van der Waals surface area contributed by atoms with Crippen molar-refractivity contribution in [1.82, 2.24) is 34.9 Å². The number of anilines is 3. The molecule has 2 amide bonds. The van der Waals surface area contributed by atoms with Crippen LogP contribution in [0.5, 0.6) is 5.75 Å². The number of imide groups is 1. The molecule has 1 aliphatic carbocycles. The third-order valence-corrected chi connectivity index (χ3v) is 15.9. The summed E-state index contributed by atoms with van der Waals surface area (Å²) in [5, 5.41) is 33.6. The number of aliphatic hydroxyl groups is 1. The Hall–Kier alpha value is -6.99. The molecule has 17 nitrogen and oxygen atoms in total. The lowest BCUT2D eigenvalue weighted by molar-refractivity contribution is -0.134. The molecule has 2 saturated heterocycles. The van der Waals surface area contributed by atoms with Crippen LogP contribution in [0.4, 0.5) is 16.8 Å². The molecule has 4 N–H and O–H groups in total. The first-order chi connectivity index (χ1) is 35.5. The number of carboxylic acids is 1. The molecule has 3 fully saturated rings. The maximum atomic E-state index is 12.8. The quantitative estimate of drug-likeness (QED) is 0.0441. The fourth-order valence-corrected chi connectivity index (χ4v) is 11.9. The molecule has 11 rings (SSSR count). The standard InChI is InChI=1S/C55H60N10O7S/c1-33-31-37(15-16-38(33)39-17-20-46(57-50(39)54(69)70)65-25-23-34-7-5-8-40(43(34)32-65)52(67)60-55-56-44-9-3-4-10-45(44)73-55)72-36-13-11-35(12-14-36)71-30-6-24-63-26-28-64(29-27-63)47-21-18-41-49(61-62(2)51(41)58-47)42-19-22-48(66)59-53(42)68/h3-5,7-10,15-18,20-21,31,35-36,42,52,67H,6,11-14,19,22-30,32H2,1-2H3,(H,56,60)(H,69,70)(H,59,66,68). The van der Waals surface area contributed by atoms with E-state index in [0.717, 1.165) is 138 Å². The molecule has 0 radical (unpaired) electrons. The summed E-state index contributed by atoms with van der Waals surface area (Å²) in [6, 6.07) is 27.5. The van der Waals surface area contributed by atoms with E-state index in [1.807, 2.05) is 92.8 Å². The van der Waals surface area contributed by atoms with E-state index in [0.29, 0.717) is 48.1 Å². The Morgan fingerprint density at radius 1 is 0.849 bits per heavy atom. The van der Waals surface area contributed by atoms with Gasteiger partial charge in [-0.25, -0.2) is 19.7 Å². The van der Waals surface area contributed by atoms with Crippen molar-refractivity contribution < 1.29 is 34.1 Å². The Balaban J connectivity index is 0.633. The van der Waals surface area contributed by atoms with Gasteiger partial charge in [0.1, 0.15) is 17.4 Å². The number of carboxylic acid groups (broad SMARTS) is 1. The molecule has 0 spiro atoms. The number of aryl methyl sites for hydroxylation is 2. The van der Waals surface area contributed by atoms with Crippen molar-refractivity contribution in [3.05, 3.63) is 119 Å². The number of para-hydroxylation sites is 1. The lowest BCUT2D eigenvalue weighted by Crippen LogP contribution is -2.47. The first-order valence-corrected chi connectivity index (χ1v) is 26.3. The van der Waals surface area contributed by atoms with Crippen LogP contribution < -0.4 is 25.2 Å². The summed E-state index contributed by atoms with van der Waals surface area (Å²) in [5.41, 5.74) is 7.42. The van der Waals surface area contributed by atoms with Gasteiger partial charge in [0, 0.05) is 82.4 Å². The van der Waals surface area contributed by atoms with E-state index in [2.05, 4.69) is 41.5 Å². The molecule has 18 heteroatoms. The number of carbonyl (C=O) groups is 3. The van der Waals surface area contributed by atoms with Gasteiger partial charge in [0.05, 0.1) is 34.0 Å². The maximum Gasteiger partial charge on any atom is 0.355 e. The second kappa shape index (κ2) is 20.9. The number of pyridine rings is 2.